The summed E-state index contributed by atoms with van der Waals surface area (Å²) in [6, 6.07) is 9.30. The molecule has 18 heavy (non-hydrogen) atoms. The number of rotatable bonds is 7. The lowest BCUT2D eigenvalue weighted by molar-refractivity contribution is 0.200. The van der Waals surface area contributed by atoms with Crippen LogP contribution in [0.15, 0.2) is 24.3 Å². The van der Waals surface area contributed by atoms with Crippen LogP contribution in [0.5, 0.6) is 5.75 Å². The minimum atomic E-state index is 0.506. The number of likely N-dealkylation sites (N-methyl/N-ethyl adjacent to an activating group) is 2. The lowest BCUT2D eigenvalue weighted by atomic mass is 10.1. The molecule has 0 amide bonds. The van der Waals surface area contributed by atoms with Crippen molar-refractivity contribution in [2.75, 3.05) is 21.2 Å². The molecule has 0 saturated heterocycles. The zero-order valence-corrected chi connectivity index (χ0v) is 12.2. The first-order valence-electron chi connectivity index (χ1n) is 6.62. The van der Waals surface area contributed by atoms with Crippen molar-refractivity contribution in [1.29, 1.82) is 0 Å². The molecule has 0 bridgehead atoms. The summed E-state index contributed by atoms with van der Waals surface area (Å²) in [5, 5.41) is 3.37. The molecule has 1 aromatic carbocycles. The average Bonchev–Trinajstić information content (AvgIpc) is 2.40. The molecule has 1 rings (SSSR count). The minimum Gasteiger partial charge on any atom is -0.497 e. The fourth-order valence-corrected chi connectivity index (χ4v) is 2.30. The van der Waals surface area contributed by atoms with Gasteiger partial charge in [0, 0.05) is 18.6 Å². The van der Waals surface area contributed by atoms with Gasteiger partial charge in [-0.25, -0.2) is 0 Å². The third-order valence-electron chi connectivity index (χ3n) is 3.65. The number of ether oxygens (including phenoxy) is 1. The summed E-state index contributed by atoms with van der Waals surface area (Å²) >= 11 is 0. The largest absolute Gasteiger partial charge is 0.497 e. The highest BCUT2D eigenvalue weighted by atomic mass is 16.5. The smallest absolute Gasteiger partial charge is 0.119 e. The molecular weight excluding hydrogens is 224 g/mol. The van der Waals surface area contributed by atoms with E-state index < -0.39 is 0 Å². The summed E-state index contributed by atoms with van der Waals surface area (Å²) in [6.45, 7) is 5.43. The quantitative estimate of drug-likeness (QED) is 0.805. The number of nitrogens with zero attached hydrogens (tertiary/aromatic N) is 1. The monoisotopic (exact) mass is 250 g/mol. The highest BCUT2D eigenvalue weighted by Gasteiger charge is 2.17. The maximum atomic E-state index is 5.26. The number of hydrogen-bond acceptors (Lipinski definition) is 3. The first kappa shape index (κ1) is 15.0. The molecule has 0 aliphatic rings. The minimum absolute atomic E-state index is 0.506. The van der Waals surface area contributed by atoms with Gasteiger partial charge in [-0.2, -0.15) is 0 Å². The van der Waals surface area contributed by atoms with Gasteiger partial charge >= 0.3 is 0 Å². The van der Waals surface area contributed by atoms with E-state index in [1.54, 1.807) is 7.11 Å². The molecule has 0 aromatic heterocycles. The van der Waals surface area contributed by atoms with E-state index >= 15 is 0 Å². The summed E-state index contributed by atoms with van der Waals surface area (Å²) < 4.78 is 5.26. The van der Waals surface area contributed by atoms with Crippen molar-refractivity contribution < 1.29 is 4.74 Å². The van der Waals surface area contributed by atoms with E-state index in [9.17, 15) is 0 Å². The second-order valence-electron chi connectivity index (χ2n) is 4.81. The van der Waals surface area contributed by atoms with Crippen molar-refractivity contribution in [2.24, 2.45) is 0 Å². The van der Waals surface area contributed by atoms with Gasteiger partial charge in [-0.3, -0.25) is 4.90 Å². The summed E-state index contributed by atoms with van der Waals surface area (Å²) in [5.41, 5.74) is 1.29. The number of methoxy groups -OCH3 is 1. The van der Waals surface area contributed by atoms with Crippen LogP contribution in [-0.2, 0) is 6.54 Å². The summed E-state index contributed by atoms with van der Waals surface area (Å²) in [6.07, 6.45) is 1.14. The maximum absolute atomic E-state index is 5.26. The molecule has 0 spiro atoms. The lowest BCUT2D eigenvalue weighted by Gasteiger charge is -2.31. The molecule has 1 N–H and O–H groups in total. The zero-order valence-electron chi connectivity index (χ0n) is 12.2. The topological polar surface area (TPSA) is 24.5 Å². The van der Waals surface area contributed by atoms with Crippen molar-refractivity contribution in [2.45, 2.75) is 38.9 Å². The summed E-state index contributed by atoms with van der Waals surface area (Å²) in [5.74, 6) is 0.925. The van der Waals surface area contributed by atoms with Crippen molar-refractivity contribution in [3.8, 4) is 5.75 Å². The maximum Gasteiger partial charge on any atom is 0.119 e. The van der Waals surface area contributed by atoms with Gasteiger partial charge in [0.2, 0.25) is 0 Å². The predicted molar refractivity (Wildman–Crippen MR) is 77.1 cm³/mol. The molecule has 102 valence electrons. The number of hydrogen-bond donors (Lipinski definition) is 1. The average molecular weight is 250 g/mol. The Morgan fingerprint density at radius 2 is 2.11 bits per heavy atom. The van der Waals surface area contributed by atoms with Gasteiger partial charge < -0.3 is 10.1 Å². The van der Waals surface area contributed by atoms with Crippen LogP contribution in [0.25, 0.3) is 0 Å². The fourth-order valence-electron chi connectivity index (χ4n) is 2.30. The molecule has 3 nitrogen and oxygen atoms in total. The molecule has 0 saturated carbocycles. The van der Waals surface area contributed by atoms with Crippen molar-refractivity contribution in [1.82, 2.24) is 10.2 Å². The van der Waals surface area contributed by atoms with Crippen LogP contribution in [0, 0.1) is 0 Å². The van der Waals surface area contributed by atoms with Crippen molar-refractivity contribution in [3.63, 3.8) is 0 Å². The molecule has 3 heteroatoms. The second kappa shape index (κ2) is 7.39. The molecule has 0 fully saturated rings. The van der Waals surface area contributed by atoms with Gasteiger partial charge in [-0.15, -0.1) is 0 Å². The van der Waals surface area contributed by atoms with Crippen LogP contribution in [-0.4, -0.2) is 38.2 Å². The van der Waals surface area contributed by atoms with E-state index in [1.807, 2.05) is 19.2 Å². The van der Waals surface area contributed by atoms with Crippen LogP contribution >= 0.6 is 0 Å². The standard InChI is InChI=1S/C15H26N2O/c1-6-15(16-3)12(2)17(4)11-13-8-7-9-14(10-13)18-5/h7-10,12,15-16H,6,11H2,1-5H3. The zero-order chi connectivity index (χ0) is 13.5. The molecular formula is C15H26N2O. The molecule has 2 unspecified atom stereocenters. The van der Waals surface area contributed by atoms with Crippen molar-refractivity contribution >= 4 is 0 Å². The van der Waals surface area contributed by atoms with E-state index in [2.05, 4.69) is 43.2 Å². The normalized spacial score (nSPS) is 14.6. The van der Waals surface area contributed by atoms with Gasteiger partial charge in [0.05, 0.1) is 7.11 Å². The molecule has 0 heterocycles. The molecule has 0 aliphatic heterocycles. The van der Waals surface area contributed by atoms with Gasteiger partial charge in [-0.05, 0) is 45.1 Å². The number of nitrogens with one attached hydrogen (secondary N) is 1. The predicted octanol–water partition coefficient (Wildman–Crippen LogP) is 2.51. The van der Waals surface area contributed by atoms with E-state index in [-0.39, 0.29) is 0 Å². The lowest BCUT2D eigenvalue weighted by Crippen LogP contribution is -2.44. The van der Waals surface area contributed by atoms with E-state index in [0.717, 1.165) is 18.7 Å². The Balaban J connectivity index is 2.65. The molecule has 0 radical (unpaired) electrons. The van der Waals surface area contributed by atoms with Crippen LogP contribution in [0.4, 0.5) is 0 Å². The van der Waals surface area contributed by atoms with E-state index in [0.29, 0.717) is 12.1 Å². The Labute approximate surface area is 111 Å². The Hall–Kier alpha value is -1.06. The highest BCUT2D eigenvalue weighted by Crippen LogP contribution is 2.16. The van der Waals surface area contributed by atoms with Gasteiger partial charge in [0.15, 0.2) is 0 Å². The van der Waals surface area contributed by atoms with Gasteiger partial charge in [0.25, 0.3) is 0 Å². The third kappa shape index (κ3) is 4.00. The Morgan fingerprint density at radius 3 is 2.67 bits per heavy atom. The van der Waals surface area contributed by atoms with Gasteiger partial charge in [0.1, 0.15) is 5.75 Å². The SMILES string of the molecule is CCC(NC)C(C)N(C)Cc1cccc(OC)c1. The Bertz CT molecular complexity index is 350. The first-order valence-corrected chi connectivity index (χ1v) is 6.62. The highest BCUT2D eigenvalue weighted by molar-refractivity contribution is 5.28. The molecule has 0 aliphatic carbocycles. The van der Waals surface area contributed by atoms with Crippen molar-refractivity contribution in [3.05, 3.63) is 29.8 Å². The van der Waals surface area contributed by atoms with E-state index in [4.69, 9.17) is 4.74 Å². The van der Waals surface area contributed by atoms with Gasteiger partial charge in [-0.1, -0.05) is 19.1 Å². The molecule has 2 atom stereocenters. The summed E-state index contributed by atoms with van der Waals surface area (Å²) in [7, 11) is 5.91. The first-order chi connectivity index (χ1) is 8.62. The van der Waals surface area contributed by atoms with Crippen LogP contribution in [0.1, 0.15) is 25.8 Å². The van der Waals surface area contributed by atoms with Crippen LogP contribution in [0.3, 0.4) is 0 Å². The Kier molecular flexibility index (Phi) is 6.16. The third-order valence-corrected chi connectivity index (χ3v) is 3.65. The Morgan fingerprint density at radius 1 is 1.39 bits per heavy atom. The number of benzene rings is 1. The fraction of sp³-hybridized carbons (Fsp3) is 0.600. The second-order valence-corrected chi connectivity index (χ2v) is 4.81. The summed E-state index contributed by atoms with van der Waals surface area (Å²) in [4.78, 5) is 2.37. The molecule has 1 aromatic rings. The van der Waals surface area contributed by atoms with Crippen LogP contribution in [0.2, 0.25) is 0 Å². The van der Waals surface area contributed by atoms with E-state index in [1.165, 1.54) is 5.56 Å². The van der Waals surface area contributed by atoms with Crippen LogP contribution < -0.4 is 10.1 Å².